The second-order valence-corrected chi connectivity index (χ2v) is 5.83. The molecule has 1 amide bonds. The standard InChI is InChI=1S/C18H25FN2O2/c1-4-6-7-23-13-8-14-15(11-21-18(14)16(19)9-13)12(3)10-20-17(22)5-2/h8-9,11-12,21H,4-7,10H2,1-3H3,(H,20,22). The van der Waals surface area contributed by atoms with Crippen LogP contribution in [0.5, 0.6) is 5.75 Å². The quantitative estimate of drug-likeness (QED) is 0.719. The fourth-order valence-corrected chi connectivity index (χ4v) is 2.51. The van der Waals surface area contributed by atoms with Gasteiger partial charge in [0.1, 0.15) is 5.75 Å². The van der Waals surface area contributed by atoms with Crippen molar-refractivity contribution in [3.8, 4) is 5.75 Å². The summed E-state index contributed by atoms with van der Waals surface area (Å²) in [6.07, 6.45) is 4.25. The molecule has 23 heavy (non-hydrogen) atoms. The zero-order valence-electron chi connectivity index (χ0n) is 14.0. The van der Waals surface area contributed by atoms with Gasteiger partial charge >= 0.3 is 0 Å². The fraction of sp³-hybridized carbons (Fsp3) is 0.500. The van der Waals surface area contributed by atoms with Gasteiger partial charge in [0.2, 0.25) is 5.91 Å². The van der Waals surface area contributed by atoms with Gasteiger partial charge in [0.25, 0.3) is 0 Å². The first-order chi connectivity index (χ1) is 11.1. The number of amides is 1. The van der Waals surface area contributed by atoms with E-state index in [1.807, 2.05) is 26.1 Å². The normalized spacial score (nSPS) is 12.3. The van der Waals surface area contributed by atoms with Crippen molar-refractivity contribution in [1.82, 2.24) is 10.3 Å². The first-order valence-electron chi connectivity index (χ1n) is 8.26. The van der Waals surface area contributed by atoms with Crippen molar-refractivity contribution in [3.05, 3.63) is 29.7 Å². The molecule has 4 nitrogen and oxygen atoms in total. The van der Waals surface area contributed by atoms with E-state index < -0.39 is 0 Å². The van der Waals surface area contributed by atoms with E-state index in [-0.39, 0.29) is 17.6 Å². The number of unbranched alkanes of at least 4 members (excludes halogenated alkanes) is 1. The van der Waals surface area contributed by atoms with Gasteiger partial charge in [-0.05, 0) is 18.1 Å². The minimum absolute atomic E-state index is 0.0199. The smallest absolute Gasteiger partial charge is 0.219 e. The third kappa shape index (κ3) is 4.24. The van der Waals surface area contributed by atoms with E-state index >= 15 is 0 Å². The number of hydrogen-bond donors (Lipinski definition) is 2. The lowest BCUT2D eigenvalue weighted by Crippen LogP contribution is -2.26. The fourth-order valence-electron chi connectivity index (χ4n) is 2.51. The number of carbonyl (C=O) groups is 1. The zero-order valence-corrected chi connectivity index (χ0v) is 14.0. The topological polar surface area (TPSA) is 54.1 Å². The van der Waals surface area contributed by atoms with Crippen LogP contribution < -0.4 is 10.1 Å². The SMILES string of the molecule is CCCCOc1cc(F)c2[nH]cc(C(C)CNC(=O)CC)c2c1. The summed E-state index contributed by atoms with van der Waals surface area (Å²) >= 11 is 0. The van der Waals surface area contributed by atoms with Crippen molar-refractivity contribution in [2.24, 2.45) is 0 Å². The Morgan fingerprint density at radius 3 is 2.87 bits per heavy atom. The highest BCUT2D eigenvalue weighted by Gasteiger charge is 2.15. The summed E-state index contributed by atoms with van der Waals surface area (Å²) in [6.45, 7) is 7.04. The number of hydrogen-bond acceptors (Lipinski definition) is 2. The lowest BCUT2D eigenvalue weighted by molar-refractivity contribution is -0.120. The van der Waals surface area contributed by atoms with Crippen LogP contribution in [0.2, 0.25) is 0 Å². The van der Waals surface area contributed by atoms with Gasteiger partial charge in [-0.25, -0.2) is 4.39 Å². The second-order valence-electron chi connectivity index (χ2n) is 5.83. The maximum absolute atomic E-state index is 14.2. The summed E-state index contributed by atoms with van der Waals surface area (Å²) in [4.78, 5) is 14.4. The summed E-state index contributed by atoms with van der Waals surface area (Å²) in [7, 11) is 0. The number of rotatable bonds is 8. The Labute approximate surface area is 136 Å². The Morgan fingerprint density at radius 1 is 1.39 bits per heavy atom. The molecular weight excluding hydrogens is 295 g/mol. The van der Waals surface area contributed by atoms with E-state index in [1.54, 1.807) is 0 Å². The molecule has 5 heteroatoms. The summed E-state index contributed by atoms with van der Waals surface area (Å²) in [5, 5.41) is 3.69. The average molecular weight is 320 g/mol. The van der Waals surface area contributed by atoms with Crippen molar-refractivity contribution >= 4 is 16.8 Å². The number of aromatic nitrogens is 1. The third-order valence-electron chi connectivity index (χ3n) is 3.97. The van der Waals surface area contributed by atoms with Crippen LogP contribution in [-0.2, 0) is 4.79 Å². The van der Waals surface area contributed by atoms with Gasteiger partial charge in [0.15, 0.2) is 5.82 Å². The largest absolute Gasteiger partial charge is 0.493 e. The second kappa shape index (κ2) is 7.99. The zero-order chi connectivity index (χ0) is 16.8. The molecule has 0 spiro atoms. The van der Waals surface area contributed by atoms with Crippen LogP contribution in [0.4, 0.5) is 4.39 Å². The van der Waals surface area contributed by atoms with E-state index in [0.717, 1.165) is 23.8 Å². The minimum atomic E-state index is -0.315. The molecule has 0 saturated carbocycles. The molecule has 2 N–H and O–H groups in total. The van der Waals surface area contributed by atoms with E-state index in [0.29, 0.717) is 30.8 Å². The van der Waals surface area contributed by atoms with Crippen LogP contribution in [0.25, 0.3) is 10.9 Å². The molecule has 126 valence electrons. The summed E-state index contributed by atoms with van der Waals surface area (Å²) in [5.41, 5.74) is 1.47. The molecule has 0 aliphatic carbocycles. The molecule has 1 aromatic heterocycles. The van der Waals surface area contributed by atoms with Crippen LogP contribution >= 0.6 is 0 Å². The molecule has 2 aromatic rings. The molecule has 0 saturated heterocycles. The summed E-state index contributed by atoms with van der Waals surface area (Å²) in [6, 6.07) is 3.29. The lowest BCUT2D eigenvalue weighted by atomic mass is 10.00. The molecule has 1 atom stereocenters. The molecule has 0 bridgehead atoms. The number of benzene rings is 1. The molecule has 2 rings (SSSR count). The lowest BCUT2D eigenvalue weighted by Gasteiger charge is -2.12. The number of ether oxygens (including phenoxy) is 1. The van der Waals surface area contributed by atoms with Crippen molar-refractivity contribution in [3.63, 3.8) is 0 Å². The van der Waals surface area contributed by atoms with Gasteiger partial charge in [0, 0.05) is 36.5 Å². The van der Waals surface area contributed by atoms with Crippen LogP contribution in [0.3, 0.4) is 0 Å². The maximum Gasteiger partial charge on any atom is 0.219 e. The molecule has 0 fully saturated rings. The predicted octanol–water partition coefficient (Wildman–Crippen LogP) is 4.12. The van der Waals surface area contributed by atoms with E-state index in [9.17, 15) is 9.18 Å². The molecular formula is C18H25FN2O2. The van der Waals surface area contributed by atoms with Gasteiger partial charge < -0.3 is 15.0 Å². The Hall–Kier alpha value is -2.04. The van der Waals surface area contributed by atoms with Crippen molar-refractivity contribution in [1.29, 1.82) is 0 Å². The van der Waals surface area contributed by atoms with Crippen LogP contribution in [0.15, 0.2) is 18.3 Å². The monoisotopic (exact) mass is 320 g/mol. The number of fused-ring (bicyclic) bond motifs is 1. The minimum Gasteiger partial charge on any atom is -0.493 e. The Kier molecular flexibility index (Phi) is 6.02. The Balaban J connectivity index is 2.21. The predicted molar refractivity (Wildman–Crippen MR) is 90.4 cm³/mol. The van der Waals surface area contributed by atoms with Crippen molar-refractivity contribution < 1.29 is 13.9 Å². The van der Waals surface area contributed by atoms with E-state index in [2.05, 4.69) is 17.2 Å². The average Bonchev–Trinajstić information content (AvgIpc) is 2.97. The molecule has 0 radical (unpaired) electrons. The third-order valence-corrected chi connectivity index (χ3v) is 3.97. The highest BCUT2D eigenvalue weighted by atomic mass is 19.1. The highest BCUT2D eigenvalue weighted by Crippen LogP contribution is 2.30. The molecule has 0 aliphatic rings. The van der Waals surface area contributed by atoms with Gasteiger partial charge in [-0.1, -0.05) is 27.2 Å². The van der Waals surface area contributed by atoms with Crippen LogP contribution in [-0.4, -0.2) is 24.0 Å². The molecule has 1 heterocycles. The Morgan fingerprint density at radius 2 is 2.17 bits per heavy atom. The van der Waals surface area contributed by atoms with Crippen LogP contribution in [0.1, 0.15) is 51.5 Å². The molecule has 0 aliphatic heterocycles. The molecule has 1 unspecified atom stereocenters. The number of nitrogens with one attached hydrogen (secondary N) is 2. The summed E-state index contributed by atoms with van der Waals surface area (Å²) in [5.74, 6) is 0.343. The van der Waals surface area contributed by atoms with Crippen molar-refractivity contribution in [2.45, 2.75) is 46.0 Å². The maximum atomic E-state index is 14.2. The van der Waals surface area contributed by atoms with Gasteiger partial charge in [-0.15, -0.1) is 0 Å². The number of aromatic amines is 1. The molecule has 1 aromatic carbocycles. The van der Waals surface area contributed by atoms with Gasteiger partial charge in [0.05, 0.1) is 12.1 Å². The Bertz CT molecular complexity index is 666. The summed E-state index contributed by atoms with van der Waals surface area (Å²) < 4.78 is 19.9. The van der Waals surface area contributed by atoms with Gasteiger partial charge in [-0.2, -0.15) is 0 Å². The van der Waals surface area contributed by atoms with Crippen molar-refractivity contribution in [2.75, 3.05) is 13.2 Å². The first-order valence-corrected chi connectivity index (χ1v) is 8.26. The number of halogens is 1. The van der Waals surface area contributed by atoms with Gasteiger partial charge in [-0.3, -0.25) is 4.79 Å². The van der Waals surface area contributed by atoms with E-state index in [1.165, 1.54) is 6.07 Å². The van der Waals surface area contributed by atoms with Crippen LogP contribution in [0, 0.1) is 5.82 Å². The highest BCUT2D eigenvalue weighted by molar-refractivity contribution is 5.86. The first kappa shape index (κ1) is 17.3. The number of H-pyrrole nitrogens is 1. The van der Waals surface area contributed by atoms with E-state index in [4.69, 9.17) is 4.74 Å². The number of carbonyl (C=O) groups excluding carboxylic acids is 1.